The van der Waals surface area contributed by atoms with Gasteiger partial charge in [0, 0.05) is 12.1 Å². The van der Waals surface area contributed by atoms with Crippen LogP contribution in [0.25, 0.3) is 0 Å². The summed E-state index contributed by atoms with van der Waals surface area (Å²) >= 11 is 0. The Hall–Kier alpha value is -0.0400. The Morgan fingerprint density at radius 1 is 1.43 bits per heavy atom. The molecule has 0 aromatic rings. The molecule has 41 valence electrons. The first kappa shape index (κ1) is 5.10. The van der Waals surface area contributed by atoms with Gasteiger partial charge in [0.2, 0.25) is 0 Å². The number of rotatable bonds is 2. The number of hydrogen-bond donors (Lipinski definition) is 1. The summed E-state index contributed by atoms with van der Waals surface area (Å²) in [5, 5.41) is 3.33. The van der Waals surface area contributed by atoms with Gasteiger partial charge in [0.25, 0.3) is 0 Å². The highest BCUT2D eigenvalue weighted by Gasteiger charge is 2.21. The lowest BCUT2D eigenvalue weighted by atomic mass is 10.4. The van der Waals surface area contributed by atoms with Crippen LogP contribution < -0.4 is 5.32 Å². The van der Waals surface area contributed by atoms with Gasteiger partial charge < -0.3 is 5.32 Å². The summed E-state index contributed by atoms with van der Waals surface area (Å²) in [6, 6.07) is 2.19. The van der Waals surface area contributed by atoms with E-state index < -0.39 is 0 Å². The third kappa shape index (κ3) is 1.93. The molecule has 1 N–H and O–H groups in total. The van der Waals surface area contributed by atoms with E-state index in [4.69, 9.17) is 0 Å². The maximum atomic E-state index is 3.33. The van der Waals surface area contributed by atoms with Gasteiger partial charge in [0.05, 0.1) is 0 Å². The van der Waals surface area contributed by atoms with Gasteiger partial charge >= 0.3 is 0 Å². The molecule has 0 aliphatic heterocycles. The van der Waals surface area contributed by atoms with E-state index >= 15 is 0 Å². The Bertz CT molecular complexity index is 55.2. The summed E-state index contributed by atoms with van der Waals surface area (Å²) in [5.74, 6) is 0. The Kier molecular flexibility index (Phi) is 1.33. The van der Waals surface area contributed by atoms with Crippen LogP contribution in [0.15, 0.2) is 0 Å². The van der Waals surface area contributed by atoms with Gasteiger partial charge in [0.15, 0.2) is 0 Å². The molecule has 1 fully saturated rings. The molecule has 0 amide bonds. The minimum Gasteiger partial charge on any atom is -0.307 e. The molecule has 0 unspecified atom stereocenters. The fourth-order valence-corrected chi connectivity index (χ4v) is 0.615. The van der Waals surface area contributed by atoms with Crippen LogP contribution >= 0.6 is 0 Å². The van der Waals surface area contributed by atoms with Gasteiger partial charge in [-0.3, -0.25) is 0 Å². The maximum absolute atomic E-state index is 3.33. The molecule has 0 heterocycles. The lowest BCUT2D eigenvalue weighted by Crippen LogP contribution is -2.19. The molecule has 0 spiro atoms. The van der Waals surface area contributed by atoms with Gasteiger partial charge in [-0.2, -0.15) is 0 Å². The lowest BCUT2D eigenvalue weighted by Gasteiger charge is -2.02. The van der Waals surface area contributed by atoms with E-state index in [-0.39, 0.29) is 0 Å². The van der Waals surface area contributed by atoms with E-state index in [0.29, 0.717) is 6.04 Å². The molecule has 0 aromatic heterocycles. The van der Waals surface area contributed by atoms with Crippen LogP contribution in [0, 0.1) is 6.04 Å². The normalized spacial score (nSPS) is 21.0. The van der Waals surface area contributed by atoms with Crippen molar-refractivity contribution in [2.75, 3.05) is 0 Å². The molecule has 0 aromatic carbocycles. The van der Waals surface area contributed by atoms with Crippen molar-refractivity contribution in [1.82, 2.24) is 5.32 Å². The Balaban J connectivity index is 1.97. The van der Waals surface area contributed by atoms with E-state index in [2.05, 4.69) is 19.2 Å². The predicted molar refractivity (Wildman–Crippen MR) is 30.7 cm³/mol. The van der Waals surface area contributed by atoms with Crippen molar-refractivity contribution in [2.45, 2.75) is 32.7 Å². The molecule has 1 aliphatic carbocycles. The molecule has 1 rings (SSSR count). The number of nitrogens with one attached hydrogen (secondary N) is 1. The maximum Gasteiger partial charge on any atom is 0.0367 e. The van der Waals surface area contributed by atoms with E-state index in [1.807, 2.05) is 0 Å². The Morgan fingerprint density at radius 2 is 2.00 bits per heavy atom. The van der Waals surface area contributed by atoms with Crippen molar-refractivity contribution in [1.29, 1.82) is 0 Å². The summed E-state index contributed by atoms with van der Waals surface area (Å²) in [5.41, 5.74) is 0. The highest BCUT2D eigenvalue weighted by atomic mass is 15.0. The van der Waals surface area contributed by atoms with Crippen LogP contribution in [-0.4, -0.2) is 6.04 Å². The van der Waals surface area contributed by atoms with Crippen LogP contribution in [0.5, 0.6) is 0 Å². The molecule has 7 heavy (non-hydrogen) atoms. The van der Waals surface area contributed by atoms with Crippen LogP contribution in [0.1, 0.15) is 26.7 Å². The molecule has 1 aliphatic rings. The average molecular weight is 98.2 g/mol. The summed E-state index contributed by atoms with van der Waals surface area (Å²) in [6.07, 6.45) is 2.64. The van der Waals surface area contributed by atoms with Crippen molar-refractivity contribution < 1.29 is 0 Å². The Morgan fingerprint density at radius 3 is 2.14 bits per heavy atom. The minimum absolute atomic E-state index is 0.650. The standard InChI is InChI=1S/C6H12N/c1-5(2)7-6-3-4-6/h5,7H,3-4H2,1-2H3. The van der Waals surface area contributed by atoms with Crippen molar-refractivity contribution in [3.8, 4) is 0 Å². The molecule has 0 atom stereocenters. The first-order valence-electron chi connectivity index (χ1n) is 2.90. The summed E-state index contributed by atoms with van der Waals surface area (Å²) < 4.78 is 0. The van der Waals surface area contributed by atoms with E-state index in [9.17, 15) is 0 Å². The van der Waals surface area contributed by atoms with Crippen LogP contribution in [0.3, 0.4) is 0 Å². The van der Waals surface area contributed by atoms with Gasteiger partial charge in [-0.25, -0.2) is 0 Å². The zero-order chi connectivity index (χ0) is 5.28. The fraction of sp³-hybridized carbons (Fsp3) is 0.833. The molecule has 1 radical (unpaired) electrons. The third-order valence-electron chi connectivity index (χ3n) is 0.993. The van der Waals surface area contributed by atoms with Gasteiger partial charge in [-0.05, 0) is 12.8 Å². The quantitative estimate of drug-likeness (QED) is 0.549. The van der Waals surface area contributed by atoms with Gasteiger partial charge in [-0.1, -0.05) is 13.8 Å². The second-order valence-corrected chi connectivity index (χ2v) is 2.40. The first-order valence-corrected chi connectivity index (χ1v) is 2.90. The average Bonchev–Trinajstić information content (AvgIpc) is 2.17. The smallest absolute Gasteiger partial charge is 0.0367 e. The molecule has 1 heteroatoms. The minimum atomic E-state index is 0.650. The molecule has 0 saturated heterocycles. The van der Waals surface area contributed by atoms with Crippen molar-refractivity contribution >= 4 is 0 Å². The lowest BCUT2D eigenvalue weighted by molar-refractivity contribution is 0.650. The van der Waals surface area contributed by atoms with Crippen LogP contribution in [0.4, 0.5) is 0 Å². The first-order chi connectivity index (χ1) is 3.29. The van der Waals surface area contributed by atoms with Crippen molar-refractivity contribution in [3.63, 3.8) is 0 Å². The summed E-state index contributed by atoms with van der Waals surface area (Å²) in [6.45, 7) is 4.34. The number of hydrogen-bond acceptors (Lipinski definition) is 1. The molecule has 1 nitrogen and oxygen atoms in total. The van der Waals surface area contributed by atoms with Crippen LogP contribution in [-0.2, 0) is 0 Å². The highest BCUT2D eigenvalue weighted by Crippen LogP contribution is 2.28. The zero-order valence-corrected chi connectivity index (χ0v) is 4.99. The van der Waals surface area contributed by atoms with E-state index in [1.54, 1.807) is 0 Å². The van der Waals surface area contributed by atoms with Crippen molar-refractivity contribution in [3.05, 3.63) is 6.04 Å². The Labute approximate surface area is 45.1 Å². The SMILES string of the molecule is CC(C)N[C]1CC1. The molecule has 1 saturated carbocycles. The molecular formula is C6H12N. The van der Waals surface area contributed by atoms with Crippen LogP contribution in [0.2, 0.25) is 0 Å². The van der Waals surface area contributed by atoms with E-state index in [0.717, 1.165) is 0 Å². The van der Waals surface area contributed by atoms with Gasteiger partial charge in [0.1, 0.15) is 0 Å². The fourth-order valence-electron chi connectivity index (χ4n) is 0.615. The second kappa shape index (κ2) is 1.83. The van der Waals surface area contributed by atoms with Gasteiger partial charge in [-0.15, -0.1) is 0 Å². The third-order valence-corrected chi connectivity index (χ3v) is 0.993. The summed E-state index contributed by atoms with van der Waals surface area (Å²) in [4.78, 5) is 0. The van der Waals surface area contributed by atoms with Crippen molar-refractivity contribution in [2.24, 2.45) is 0 Å². The largest absolute Gasteiger partial charge is 0.307 e. The highest BCUT2D eigenvalue weighted by molar-refractivity contribution is 5.02. The molecule has 0 bridgehead atoms. The topological polar surface area (TPSA) is 12.0 Å². The second-order valence-electron chi connectivity index (χ2n) is 2.40. The van der Waals surface area contributed by atoms with E-state index in [1.165, 1.54) is 18.9 Å². The zero-order valence-electron chi connectivity index (χ0n) is 4.99. The predicted octanol–water partition coefficient (Wildman–Crippen LogP) is 1.31. The molecular weight excluding hydrogens is 86.1 g/mol. The monoisotopic (exact) mass is 98.1 g/mol. The summed E-state index contributed by atoms with van der Waals surface area (Å²) in [7, 11) is 0.